The van der Waals surface area contributed by atoms with E-state index >= 15 is 0 Å². The standard InChI is InChI=1S/C32H29F2N7O5S/c1-39-10-12-40(13-11-39)30(42)20-4-3-5-23(14-20)41-31(43)24-15-19(6-8-26(24)37-32(41)35)21-16-27(29(46-2)36-18-21)38-47(44,45)28-9-7-22(33)17-25(28)34/h3-9,14-18,38H,10-13H2,1-2H3,(H2,35,37). The molecule has 1 saturated heterocycles. The lowest BCUT2D eigenvalue weighted by molar-refractivity contribution is 0.0664. The van der Waals surface area contributed by atoms with E-state index in [1.165, 1.54) is 23.9 Å². The highest BCUT2D eigenvalue weighted by Gasteiger charge is 2.24. The number of hydrogen-bond acceptors (Lipinski definition) is 9. The highest BCUT2D eigenvalue weighted by atomic mass is 32.2. The summed E-state index contributed by atoms with van der Waals surface area (Å²) in [6.45, 7) is 2.71. The summed E-state index contributed by atoms with van der Waals surface area (Å²) in [4.78, 5) is 38.8. The molecule has 0 saturated carbocycles. The fraction of sp³-hybridized carbons (Fsp3) is 0.188. The molecule has 6 rings (SSSR count). The van der Waals surface area contributed by atoms with Crippen molar-refractivity contribution in [3.05, 3.63) is 100 Å². The number of nitrogen functional groups attached to an aromatic ring is 1. The van der Waals surface area contributed by atoms with E-state index in [9.17, 15) is 26.8 Å². The number of carbonyl (C=O) groups is 1. The molecule has 3 aromatic carbocycles. The third-order valence-electron chi connectivity index (χ3n) is 7.84. The summed E-state index contributed by atoms with van der Waals surface area (Å²) in [6, 6.07) is 14.9. The number of likely N-dealkylation sites (N-methyl/N-ethyl adjacent to an activating group) is 1. The van der Waals surface area contributed by atoms with Gasteiger partial charge in [0.25, 0.3) is 21.5 Å². The Morgan fingerprint density at radius 2 is 1.74 bits per heavy atom. The highest BCUT2D eigenvalue weighted by Crippen LogP contribution is 2.32. The zero-order chi connectivity index (χ0) is 33.5. The van der Waals surface area contributed by atoms with Gasteiger partial charge in [-0.2, -0.15) is 0 Å². The van der Waals surface area contributed by atoms with Gasteiger partial charge in [-0.1, -0.05) is 12.1 Å². The summed E-state index contributed by atoms with van der Waals surface area (Å²) in [7, 11) is -1.23. The Labute approximate surface area is 268 Å². The van der Waals surface area contributed by atoms with Gasteiger partial charge in [0.1, 0.15) is 22.2 Å². The summed E-state index contributed by atoms with van der Waals surface area (Å²) in [5.41, 5.74) is 7.56. The van der Waals surface area contributed by atoms with Gasteiger partial charge >= 0.3 is 0 Å². The summed E-state index contributed by atoms with van der Waals surface area (Å²) < 4.78 is 62.4. The number of amides is 1. The molecule has 0 atom stereocenters. The van der Waals surface area contributed by atoms with Crippen LogP contribution in [-0.2, 0) is 10.0 Å². The van der Waals surface area contributed by atoms with Gasteiger partial charge in [0.05, 0.1) is 23.7 Å². The second kappa shape index (κ2) is 12.4. The molecule has 0 spiro atoms. The summed E-state index contributed by atoms with van der Waals surface area (Å²) >= 11 is 0. The van der Waals surface area contributed by atoms with Crippen LogP contribution in [-0.4, -0.2) is 79.0 Å². The molecule has 0 unspecified atom stereocenters. The first kappa shape index (κ1) is 31.6. The highest BCUT2D eigenvalue weighted by molar-refractivity contribution is 7.92. The Morgan fingerprint density at radius 3 is 2.47 bits per heavy atom. The molecule has 0 radical (unpaired) electrons. The van der Waals surface area contributed by atoms with Crippen molar-refractivity contribution < 1.29 is 26.7 Å². The number of piperazine rings is 1. The van der Waals surface area contributed by atoms with Gasteiger partial charge in [-0.15, -0.1) is 0 Å². The van der Waals surface area contributed by atoms with Crippen LogP contribution in [0.1, 0.15) is 10.4 Å². The lowest BCUT2D eigenvalue weighted by atomic mass is 10.0. The van der Waals surface area contributed by atoms with Gasteiger partial charge in [0, 0.05) is 49.6 Å². The number of sulfonamides is 1. The lowest BCUT2D eigenvalue weighted by Crippen LogP contribution is -2.47. The molecule has 0 aliphatic carbocycles. The van der Waals surface area contributed by atoms with E-state index in [1.54, 1.807) is 47.4 Å². The average Bonchev–Trinajstić information content (AvgIpc) is 3.04. The van der Waals surface area contributed by atoms with Crippen molar-refractivity contribution in [1.29, 1.82) is 0 Å². The molecule has 47 heavy (non-hydrogen) atoms. The van der Waals surface area contributed by atoms with Gasteiger partial charge in [-0.3, -0.25) is 14.3 Å². The van der Waals surface area contributed by atoms with Gasteiger partial charge in [-0.05, 0) is 61.1 Å². The monoisotopic (exact) mass is 661 g/mol. The molecule has 3 heterocycles. The van der Waals surface area contributed by atoms with Crippen LogP contribution in [0.5, 0.6) is 5.88 Å². The van der Waals surface area contributed by atoms with Crippen LogP contribution in [0.25, 0.3) is 27.7 Å². The first-order valence-corrected chi connectivity index (χ1v) is 15.9. The number of methoxy groups -OCH3 is 1. The number of anilines is 2. The number of ether oxygens (including phenoxy) is 1. The van der Waals surface area contributed by atoms with Crippen molar-refractivity contribution in [2.75, 3.05) is 50.8 Å². The van der Waals surface area contributed by atoms with E-state index in [0.717, 1.165) is 25.2 Å². The maximum atomic E-state index is 14.3. The maximum absolute atomic E-state index is 14.3. The number of nitrogens with zero attached hydrogens (tertiary/aromatic N) is 5. The topological polar surface area (TPSA) is 153 Å². The van der Waals surface area contributed by atoms with E-state index in [-0.39, 0.29) is 28.8 Å². The third-order valence-corrected chi connectivity index (χ3v) is 9.24. The molecule has 2 aromatic heterocycles. The van der Waals surface area contributed by atoms with Crippen molar-refractivity contribution in [1.82, 2.24) is 24.3 Å². The Bertz CT molecular complexity index is 2200. The summed E-state index contributed by atoms with van der Waals surface area (Å²) in [6.07, 6.45) is 1.41. The minimum atomic E-state index is -4.51. The smallest absolute Gasteiger partial charge is 0.267 e. The molecular formula is C32H29F2N7O5S. The second-order valence-corrected chi connectivity index (χ2v) is 12.6. The minimum absolute atomic E-state index is 0.0738. The van der Waals surface area contributed by atoms with Gasteiger partial charge in [-0.25, -0.2) is 31.7 Å². The summed E-state index contributed by atoms with van der Waals surface area (Å²) in [5, 5.41) is 0.193. The average molecular weight is 662 g/mol. The normalized spacial score (nSPS) is 13.9. The molecule has 1 fully saturated rings. The molecule has 1 aliphatic rings. The number of benzene rings is 3. The lowest BCUT2D eigenvalue weighted by Gasteiger charge is -2.32. The van der Waals surface area contributed by atoms with Crippen LogP contribution in [0.2, 0.25) is 0 Å². The molecule has 5 aromatic rings. The Morgan fingerprint density at radius 1 is 0.979 bits per heavy atom. The number of nitrogens with one attached hydrogen (secondary N) is 1. The number of nitrogens with two attached hydrogens (primary N) is 1. The molecule has 1 amide bonds. The zero-order valence-electron chi connectivity index (χ0n) is 25.3. The molecular weight excluding hydrogens is 632 g/mol. The molecule has 3 N–H and O–H groups in total. The zero-order valence-corrected chi connectivity index (χ0v) is 26.1. The van der Waals surface area contributed by atoms with Crippen LogP contribution < -0.4 is 20.8 Å². The summed E-state index contributed by atoms with van der Waals surface area (Å²) in [5.74, 6) is -2.53. The van der Waals surface area contributed by atoms with Gasteiger partial charge in [0.2, 0.25) is 11.8 Å². The SMILES string of the molecule is COc1ncc(-c2ccc3nc(N)n(-c4cccc(C(=O)N5CCN(C)CC5)c4)c(=O)c3c2)cc1NS(=O)(=O)c1ccc(F)cc1F. The van der Waals surface area contributed by atoms with Crippen molar-refractivity contribution >= 4 is 38.5 Å². The van der Waals surface area contributed by atoms with E-state index in [4.69, 9.17) is 10.5 Å². The fourth-order valence-electron chi connectivity index (χ4n) is 5.34. The van der Waals surface area contributed by atoms with E-state index < -0.39 is 32.1 Å². The van der Waals surface area contributed by atoms with E-state index in [1.807, 2.05) is 7.05 Å². The number of fused-ring (bicyclic) bond motifs is 1. The van der Waals surface area contributed by atoms with Crippen molar-refractivity contribution in [2.24, 2.45) is 0 Å². The number of aromatic nitrogens is 3. The molecule has 15 heteroatoms. The second-order valence-electron chi connectivity index (χ2n) is 10.9. The Balaban J connectivity index is 1.37. The van der Waals surface area contributed by atoms with Crippen molar-refractivity contribution in [3.63, 3.8) is 0 Å². The molecule has 12 nitrogen and oxygen atoms in total. The molecule has 0 bridgehead atoms. The van der Waals surface area contributed by atoms with Crippen LogP contribution in [0, 0.1) is 11.6 Å². The third kappa shape index (κ3) is 6.22. The number of carbonyl (C=O) groups excluding carboxylic acids is 1. The quantitative estimate of drug-likeness (QED) is 0.267. The minimum Gasteiger partial charge on any atom is -0.480 e. The first-order chi connectivity index (χ1) is 22.4. The molecule has 242 valence electrons. The number of rotatable bonds is 7. The maximum Gasteiger partial charge on any atom is 0.267 e. The Hall–Kier alpha value is -5.41. The fourth-order valence-corrected chi connectivity index (χ4v) is 6.45. The van der Waals surface area contributed by atoms with E-state index in [0.29, 0.717) is 47.1 Å². The van der Waals surface area contributed by atoms with Crippen LogP contribution >= 0.6 is 0 Å². The van der Waals surface area contributed by atoms with Crippen LogP contribution in [0.15, 0.2) is 82.6 Å². The van der Waals surface area contributed by atoms with Crippen molar-refractivity contribution in [3.8, 4) is 22.7 Å². The number of pyridine rings is 1. The van der Waals surface area contributed by atoms with E-state index in [2.05, 4.69) is 19.6 Å². The van der Waals surface area contributed by atoms with Crippen LogP contribution in [0.4, 0.5) is 20.4 Å². The number of halogens is 2. The number of hydrogen-bond donors (Lipinski definition) is 2. The van der Waals surface area contributed by atoms with Crippen molar-refractivity contribution in [2.45, 2.75) is 4.90 Å². The van der Waals surface area contributed by atoms with Crippen LogP contribution in [0.3, 0.4) is 0 Å². The molecule has 1 aliphatic heterocycles. The predicted octanol–water partition coefficient (Wildman–Crippen LogP) is 3.51. The predicted molar refractivity (Wildman–Crippen MR) is 172 cm³/mol. The largest absolute Gasteiger partial charge is 0.480 e. The van der Waals surface area contributed by atoms with Gasteiger partial charge in [0.15, 0.2) is 0 Å². The first-order valence-electron chi connectivity index (χ1n) is 14.4. The van der Waals surface area contributed by atoms with Gasteiger partial charge < -0.3 is 20.3 Å². The Kier molecular flexibility index (Phi) is 8.34.